The third kappa shape index (κ3) is 4.03. The zero-order valence-electron chi connectivity index (χ0n) is 10.6. The van der Waals surface area contributed by atoms with Crippen LogP contribution < -0.4 is 5.73 Å². The molecule has 1 fully saturated rings. The van der Waals surface area contributed by atoms with Crippen LogP contribution in [0.4, 0.5) is 0 Å². The molecule has 5 heteroatoms. The van der Waals surface area contributed by atoms with E-state index in [0.717, 1.165) is 6.42 Å². The lowest BCUT2D eigenvalue weighted by Gasteiger charge is -2.21. The van der Waals surface area contributed by atoms with E-state index in [1.165, 1.54) is 0 Å². The maximum Gasteiger partial charge on any atom is 0.214 e. The highest BCUT2D eigenvalue weighted by atomic mass is 32.2. The van der Waals surface area contributed by atoms with Crippen molar-refractivity contribution < 1.29 is 8.42 Å². The SMILES string of the molecule is CC(C)(C)CCS(=O)(=O)N1CCC(CN)C1. The van der Waals surface area contributed by atoms with Gasteiger partial charge in [-0.1, -0.05) is 20.8 Å². The lowest BCUT2D eigenvalue weighted by Crippen LogP contribution is -2.33. The number of hydrogen-bond acceptors (Lipinski definition) is 3. The topological polar surface area (TPSA) is 63.4 Å². The number of hydrogen-bond donors (Lipinski definition) is 1. The van der Waals surface area contributed by atoms with Crippen LogP contribution in [0.3, 0.4) is 0 Å². The molecule has 1 saturated heterocycles. The molecule has 1 unspecified atom stereocenters. The quantitative estimate of drug-likeness (QED) is 0.808. The summed E-state index contributed by atoms with van der Waals surface area (Å²) in [7, 11) is -3.06. The maximum absolute atomic E-state index is 12.0. The summed E-state index contributed by atoms with van der Waals surface area (Å²) in [6, 6.07) is 0. The van der Waals surface area contributed by atoms with Gasteiger partial charge in [-0.15, -0.1) is 0 Å². The van der Waals surface area contributed by atoms with Gasteiger partial charge in [-0.05, 0) is 30.7 Å². The fourth-order valence-electron chi connectivity index (χ4n) is 1.81. The van der Waals surface area contributed by atoms with Gasteiger partial charge in [-0.25, -0.2) is 12.7 Å². The Labute approximate surface area is 99.2 Å². The number of sulfonamides is 1. The molecule has 1 atom stereocenters. The summed E-state index contributed by atoms with van der Waals surface area (Å²) in [6.07, 6.45) is 1.62. The van der Waals surface area contributed by atoms with Crippen molar-refractivity contribution in [1.29, 1.82) is 0 Å². The van der Waals surface area contributed by atoms with Gasteiger partial charge in [0.05, 0.1) is 5.75 Å². The molecular formula is C11H24N2O2S. The molecule has 4 nitrogen and oxygen atoms in total. The molecular weight excluding hydrogens is 224 g/mol. The average molecular weight is 248 g/mol. The predicted octanol–water partition coefficient (Wildman–Crippen LogP) is 1.03. The van der Waals surface area contributed by atoms with Crippen LogP contribution in [0, 0.1) is 11.3 Å². The van der Waals surface area contributed by atoms with Gasteiger partial charge in [-0.3, -0.25) is 0 Å². The van der Waals surface area contributed by atoms with Crippen molar-refractivity contribution in [2.45, 2.75) is 33.6 Å². The molecule has 0 aromatic heterocycles. The number of nitrogens with zero attached hydrogens (tertiary/aromatic N) is 1. The zero-order chi connectivity index (χ0) is 12.4. The normalized spacial score (nSPS) is 23.9. The van der Waals surface area contributed by atoms with E-state index in [4.69, 9.17) is 5.73 Å². The maximum atomic E-state index is 12.0. The van der Waals surface area contributed by atoms with Gasteiger partial charge in [0.25, 0.3) is 0 Å². The third-order valence-corrected chi connectivity index (χ3v) is 4.92. The Hall–Kier alpha value is -0.130. The standard InChI is InChI=1S/C11H24N2O2S/c1-11(2,3)5-7-16(14,15)13-6-4-10(8-12)9-13/h10H,4-9,12H2,1-3H3. The fourth-order valence-corrected chi connectivity index (χ4v) is 3.76. The van der Waals surface area contributed by atoms with Gasteiger partial charge >= 0.3 is 0 Å². The molecule has 1 aliphatic heterocycles. The molecule has 0 radical (unpaired) electrons. The largest absolute Gasteiger partial charge is 0.330 e. The minimum Gasteiger partial charge on any atom is -0.330 e. The first-order valence-corrected chi connectivity index (χ1v) is 7.53. The molecule has 0 amide bonds. The second-order valence-electron chi connectivity index (χ2n) is 5.88. The molecule has 1 heterocycles. The summed E-state index contributed by atoms with van der Waals surface area (Å²) in [5, 5.41) is 0. The summed E-state index contributed by atoms with van der Waals surface area (Å²) in [5.74, 6) is 0.609. The average Bonchev–Trinajstić information content (AvgIpc) is 2.62. The summed E-state index contributed by atoms with van der Waals surface area (Å²) >= 11 is 0. The molecule has 96 valence electrons. The van der Waals surface area contributed by atoms with Gasteiger partial charge in [0, 0.05) is 13.1 Å². The van der Waals surface area contributed by atoms with E-state index in [9.17, 15) is 8.42 Å². The first-order valence-electron chi connectivity index (χ1n) is 5.92. The van der Waals surface area contributed by atoms with Gasteiger partial charge in [-0.2, -0.15) is 0 Å². The van der Waals surface area contributed by atoms with Crippen LogP contribution in [-0.2, 0) is 10.0 Å². The van der Waals surface area contributed by atoms with Crippen LogP contribution in [0.15, 0.2) is 0 Å². The highest BCUT2D eigenvalue weighted by Crippen LogP contribution is 2.23. The van der Waals surface area contributed by atoms with Crippen molar-refractivity contribution in [3.05, 3.63) is 0 Å². The van der Waals surface area contributed by atoms with Gasteiger partial charge in [0.2, 0.25) is 10.0 Å². The second kappa shape index (κ2) is 5.02. The van der Waals surface area contributed by atoms with Crippen molar-refractivity contribution in [1.82, 2.24) is 4.31 Å². The van der Waals surface area contributed by atoms with Crippen LogP contribution >= 0.6 is 0 Å². The van der Waals surface area contributed by atoms with Crippen molar-refractivity contribution in [2.24, 2.45) is 17.1 Å². The molecule has 1 aliphatic rings. The minimum absolute atomic E-state index is 0.0695. The molecule has 0 aromatic rings. The molecule has 0 saturated carbocycles. The molecule has 1 rings (SSSR count). The third-order valence-electron chi connectivity index (χ3n) is 3.09. The highest BCUT2D eigenvalue weighted by molar-refractivity contribution is 7.89. The number of nitrogens with two attached hydrogens (primary N) is 1. The van der Waals surface area contributed by atoms with E-state index in [-0.39, 0.29) is 11.2 Å². The molecule has 0 aromatic carbocycles. The van der Waals surface area contributed by atoms with Crippen LogP contribution in [0.1, 0.15) is 33.6 Å². The minimum atomic E-state index is -3.06. The van der Waals surface area contributed by atoms with Crippen LogP contribution in [0.25, 0.3) is 0 Å². The van der Waals surface area contributed by atoms with Crippen molar-refractivity contribution in [3.63, 3.8) is 0 Å². The van der Waals surface area contributed by atoms with E-state index < -0.39 is 10.0 Å². The first-order chi connectivity index (χ1) is 7.24. The molecule has 16 heavy (non-hydrogen) atoms. The second-order valence-corrected chi connectivity index (χ2v) is 7.96. The van der Waals surface area contributed by atoms with Crippen LogP contribution in [0.2, 0.25) is 0 Å². The molecule has 0 spiro atoms. The predicted molar refractivity (Wildman–Crippen MR) is 66.6 cm³/mol. The van der Waals surface area contributed by atoms with Gasteiger partial charge in [0.1, 0.15) is 0 Å². The van der Waals surface area contributed by atoms with Gasteiger partial charge < -0.3 is 5.73 Å². The lowest BCUT2D eigenvalue weighted by molar-refractivity contribution is 0.388. The fraction of sp³-hybridized carbons (Fsp3) is 1.00. The highest BCUT2D eigenvalue weighted by Gasteiger charge is 2.31. The number of rotatable bonds is 4. The lowest BCUT2D eigenvalue weighted by atomic mass is 9.94. The molecule has 2 N–H and O–H groups in total. The van der Waals surface area contributed by atoms with E-state index in [1.807, 2.05) is 0 Å². The Bertz CT molecular complexity index is 319. The molecule has 0 aliphatic carbocycles. The Morgan fingerprint density at radius 2 is 2.00 bits per heavy atom. The Balaban J connectivity index is 2.52. The van der Waals surface area contributed by atoms with Crippen molar-refractivity contribution in [3.8, 4) is 0 Å². The van der Waals surface area contributed by atoms with Crippen molar-refractivity contribution in [2.75, 3.05) is 25.4 Å². The van der Waals surface area contributed by atoms with Gasteiger partial charge in [0.15, 0.2) is 0 Å². The summed E-state index contributed by atoms with van der Waals surface area (Å²) in [4.78, 5) is 0. The van der Waals surface area contributed by atoms with Crippen LogP contribution in [-0.4, -0.2) is 38.1 Å². The zero-order valence-corrected chi connectivity index (χ0v) is 11.4. The molecule has 0 bridgehead atoms. The first kappa shape index (κ1) is 13.9. The van der Waals surface area contributed by atoms with Crippen molar-refractivity contribution >= 4 is 10.0 Å². The Morgan fingerprint density at radius 3 is 2.44 bits per heavy atom. The Morgan fingerprint density at radius 1 is 1.38 bits per heavy atom. The van der Waals surface area contributed by atoms with E-state index in [2.05, 4.69) is 20.8 Å². The summed E-state index contributed by atoms with van der Waals surface area (Å²) in [6.45, 7) is 8.04. The van der Waals surface area contributed by atoms with Crippen LogP contribution in [0.5, 0.6) is 0 Å². The van der Waals surface area contributed by atoms with E-state index >= 15 is 0 Å². The monoisotopic (exact) mass is 248 g/mol. The summed E-state index contributed by atoms with van der Waals surface area (Å²) < 4.78 is 25.7. The van der Waals surface area contributed by atoms with E-state index in [0.29, 0.717) is 32.0 Å². The van der Waals surface area contributed by atoms with E-state index in [1.54, 1.807) is 4.31 Å². The summed E-state index contributed by atoms with van der Waals surface area (Å²) in [5.41, 5.74) is 5.63. The smallest absolute Gasteiger partial charge is 0.214 e. The Kier molecular flexibility index (Phi) is 4.37.